The highest BCUT2D eigenvalue weighted by Gasteiger charge is 2.18. The van der Waals surface area contributed by atoms with Crippen LogP contribution in [0.25, 0.3) is 39.2 Å². The summed E-state index contributed by atoms with van der Waals surface area (Å²) in [5.41, 5.74) is 22.0. The van der Waals surface area contributed by atoms with E-state index < -0.39 is 0 Å². The molecule has 0 unspecified atom stereocenters. The van der Waals surface area contributed by atoms with E-state index in [2.05, 4.69) is 146 Å². The summed E-state index contributed by atoms with van der Waals surface area (Å²) in [5.74, 6) is 0. The molecule has 2 aromatic heterocycles. The second-order valence-corrected chi connectivity index (χ2v) is 12.1. The molecule has 2 N–H and O–H groups in total. The molecule has 0 aliphatic heterocycles. The van der Waals surface area contributed by atoms with E-state index in [-0.39, 0.29) is 0 Å². The molecular weight excluding hydrogens is 607 g/mol. The van der Waals surface area contributed by atoms with Crippen LogP contribution in [0.15, 0.2) is 189 Å². The van der Waals surface area contributed by atoms with Crippen LogP contribution in [0.3, 0.4) is 0 Å². The van der Waals surface area contributed by atoms with E-state index in [1.807, 2.05) is 54.9 Å². The van der Waals surface area contributed by atoms with E-state index in [1.54, 1.807) is 0 Å². The van der Waals surface area contributed by atoms with Crippen molar-refractivity contribution in [3.63, 3.8) is 0 Å². The van der Waals surface area contributed by atoms with Gasteiger partial charge in [0.25, 0.3) is 0 Å². The zero-order valence-electron chi connectivity index (χ0n) is 29.1. The molecule has 248 valence electrons. The Kier molecular flexibility index (Phi) is 12.6. The Labute approximate surface area is 297 Å². The van der Waals surface area contributed by atoms with Gasteiger partial charge in [-0.2, -0.15) is 0 Å². The normalized spacial score (nSPS) is 12.1. The van der Waals surface area contributed by atoms with Crippen molar-refractivity contribution >= 4 is 5.57 Å². The second kappa shape index (κ2) is 17.9. The molecule has 7 rings (SSSR count). The summed E-state index contributed by atoms with van der Waals surface area (Å²) >= 11 is 0. The number of pyridine rings is 2. The van der Waals surface area contributed by atoms with Gasteiger partial charge in [0, 0.05) is 29.2 Å². The lowest BCUT2D eigenvalue weighted by Crippen LogP contribution is -2.00. The lowest BCUT2D eigenvalue weighted by Gasteiger charge is -2.07. The third-order valence-electron chi connectivity index (χ3n) is 8.49. The number of nitrogens with zero attached hydrogens (tertiary/aromatic N) is 2. The Morgan fingerprint density at radius 1 is 0.680 bits per heavy atom. The molecule has 0 bridgehead atoms. The molecule has 3 heteroatoms. The predicted molar refractivity (Wildman–Crippen MR) is 213 cm³/mol. The summed E-state index contributed by atoms with van der Waals surface area (Å²) in [6, 6.07) is 46.3. The van der Waals surface area contributed by atoms with Crippen LogP contribution in [0.2, 0.25) is 0 Å². The first-order valence-electron chi connectivity index (χ1n) is 17.1. The molecule has 0 saturated heterocycles. The number of fused-ring (bicyclic) bond motifs is 1. The van der Waals surface area contributed by atoms with Gasteiger partial charge in [0.2, 0.25) is 0 Å². The molecule has 0 spiro atoms. The summed E-state index contributed by atoms with van der Waals surface area (Å²) in [6.07, 6.45) is 12.9. The first-order valence-corrected chi connectivity index (χ1v) is 17.1. The largest absolute Gasteiger partial charge is 0.402 e. The zero-order chi connectivity index (χ0) is 35.1. The van der Waals surface area contributed by atoms with Crippen molar-refractivity contribution in [3.8, 4) is 33.6 Å². The molecule has 6 aromatic rings. The molecular formula is C47H45N3. The Morgan fingerprint density at radius 2 is 1.26 bits per heavy atom. The maximum absolute atomic E-state index is 6.44. The first kappa shape index (κ1) is 35.3. The van der Waals surface area contributed by atoms with Crippen molar-refractivity contribution in [1.29, 1.82) is 0 Å². The number of rotatable bonds is 8. The maximum atomic E-state index is 6.44. The molecule has 50 heavy (non-hydrogen) atoms. The van der Waals surface area contributed by atoms with Crippen molar-refractivity contribution < 1.29 is 0 Å². The number of aromatic nitrogens is 2. The van der Waals surface area contributed by atoms with Gasteiger partial charge in [0.05, 0.1) is 11.4 Å². The quantitative estimate of drug-likeness (QED) is 0.167. The van der Waals surface area contributed by atoms with Crippen LogP contribution in [0.4, 0.5) is 0 Å². The first-order chi connectivity index (χ1) is 24.6. The summed E-state index contributed by atoms with van der Waals surface area (Å²) in [4.78, 5) is 8.81. The Balaban J connectivity index is 0.000000200. The number of aryl methyl sites for hydroxylation is 2. The van der Waals surface area contributed by atoms with Crippen LogP contribution < -0.4 is 5.73 Å². The highest BCUT2D eigenvalue weighted by atomic mass is 14.7. The van der Waals surface area contributed by atoms with Crippen LogP contribution in [0, 0.1) is 6.92 Å². The summed E-state index contributed by atoms with van der Waals surface area (Å²) < 4.78 is 0. The third kappa shape index (κ3) is 9.30. The predicted octanol–water partition coefficient (Wildman–Crippen LogP) is 11.6. The van der Waals surface area contributed by atoms with Crippen molar-refractivity contribution in [1.82, 2.24) is 9.97 Å². The van der Waals surface area contributed by atoms with Crippen molar-refractivity contribution in [2.45, 2.75) is 33.1 Å². The summed E-state index contributed by atoms with van der Waals surface area (Å²) in [5, 5.41) is 0. The number of hydrogen-bond donors (Lipinski definition) is 1. The molecule has 1 aliphatic carbocycles. The smallest absolute Gasteiger partial charge is 0.0702 e. The highest BCUT2D eigenvalue weighted by molar-refractivity contribution is 5.85. The van der Waals surface area contributed by atoms with E-state index in [4.69, 9.17) is 5.73 Å². The van der Waals surface area contributed by atoms with E-state index in [1.165, 1.54) is 44.5 Å². The lowest BCUT2D eigenvalue weighted by molar-refractivity contribution is 0.927. The Morgan fingerprint density at radius 3 is 1.86 bits per heavy atom. The van der Waals surface area contributed by atoms with Gasteiger partial charge in [-0.3, -0.25) is 9.97 Å². The molecule has 2 heterocycles. The van der Waals surface area contributed by atoms with Crippen LogP contribution in [-0.4, -0.2) is 9.97 Å². The standard InChI is InChI=1S/C28H27N.C17H14N2.C2H4/c1-2-8-24-19-25-11-6-7-12-27(25)28(24)20-26(29)18-15-21-13-16-23(17-14-21)22-9-4-3-5-10-22;1-13-10-14(16-6-2-4-8-18-16)12-15(11-13)17-7-3-5-9-19-17;1-2/h2-14,16-17,20H,15,18-19,29H2,1H3;2-12H,1H3;1-2H2/b8-2+,26-20?;;. The molecule has 4 aromatic carbocycles. The number of nitrogens with two attached hydrogens (primary N) is 1. The third-order valence-corrected chi connectivity index (χ3v) is 8.49. The van der Waals surface area contributed by atoms with Gasteiger partial charge in [-0.15, -0.1) is 13.2 Å². The average Bonchev–Trinajstić information content (AvgIpc) is 3.52. The molecule has 0 atom stereocenters. The highest BCUT2D eigenvalue weighted by Crippen LogP contribution is 2.35. The average molecular weight is 652 g/mol. The summed E-state index contributed by atoms with van der Waals surface area (Å²) in [6.45, 7) is 10.2. The lowest BCUT2D eigenvalue weighted by atomic mass is 10.00. The maximum Gasteiger partial charge on any atom is 0.0702 e. The zero-order valence-corrected chi connectivity index (χ0v) is 29.1. The van der Waals surface area contributed by atoms with E-state index in [0.29, 0.717) is 0 Å². The van der Waals surface area contributed by atoms with Gasteiger partial charge in [-0.05, 0) is 126 Å². The number of allylic oxidation sites excluding steroid dienone is 6. The van der Waals surface area contributed by atoms with Gasteiger partial charge in [-0.1, -0.05) is 103 Å². The molecule has 3 nitrogen and oxygen atoms in total. The van der Waals surface area contributed by atoms with Crippen LogP contribution >= 0.6 is 0 Å². The van der Waals surface area contributed by atoms with Gasteiger partial charge < -0.3 is 5.73 Å². The minimum Gasteiger partial charge on any atom is -0.402 e. The van der Waals surface area contributed by atoms with Crippen LogP contribution in [-0.2, 0) is 12.8 Å². The minimum absolute atomic E-state index is 0.861. The van der Waals surface area contributed by atoms with Crippen LogP contribution in [0.1, 0.15) is 35.6 Å². The number of hydrogen-bond acceptors (Lipinski definition) is 3. The molecule has 0 fully saturated rings. The minimum atomic E-state index is 0.861. The number of benzene rings is 4. The molecule has 0 saturated carbocycles. The van der Waals surface area contributed by atoms with Crippen molar-refractivity contribution in [3.05, 3.63) is 211 Å². The van der Waals surface area contributed by atoms with Gasteiger partial charge in [0.1, 0.15) is 0 Å². The Bertz CT molecular complexity index is 2000. The van der Waals surface area contributed by atoms with Gasteiger partial charge in [0.15, 0.2) is 0 Å². The van der Waals surface area contributed by atoms with Crippen molar-refractivity contribution in [2.24, 2.45) is 5.73 Å². The fraction of sp³-hybridized carbons (Fsp3) is 0.106. The fourth-order valence-electron chi connectivity index (χ4n) is 6.12. The molecule has 0 amide bonds. The fourth-order valence-corrected chi connectivity index (χ4v) is 6.12. The molecule has 0 radical (unpaired) electrons. The van der Waals surface area contributed by atoms with E-state index in [0.717, 1.165) is 47.5 Å². The topological polar surface area (TPSA) is 51.8 Å². The van der Waals surface area contributed by atoms with Gasteiger partial charge in [-0.25, -0.2) is 0 Å². The summed E-state index contributed by atoms with van der Waals surface area (Å²) in [7, 11) is 0. The monoisotopic (exact) mass is 651 g/mol. The SMILES string of the molecule is C/C=C/C1=C(C=C(N)CCc2ccc(-c3ccccc3)cc2)c2ccccc2C1.C=C.Cc1cc(-c2ccccn2)cc(-c2ccccn2)c1. The van der Waals surface area contributed by atoms with Crippen molar-refractivity contribution in [2.75, 3.05) is 0 Å². The van der Waals surface area contributed by atoms with Crippen LogP contribution in [0.5, 0.6) is 0 Å². The molecule has 1 aliphatic rings. The Hall–Kier alpha value is -6.06. The van der Waals surface area contributed by atoms with E-state index >= 15 is 0 Å². The second-order valence-electron chi connectivity index (χ2n) is 12.1. The van der Waals surface area contributed by atoms with Gasteiger partial charge >= 0.3 is 0 Å². The van der Waals surface area contributed by atoms with E-state index in [9.17, 15) is 0 Å².